The van der Waals surface area contributed by atoms with E-state index in [2.05, 4.69) is 17.6 Å². The summed E-state index contributed by atoms with van der Waals surface area (Å²) in [6.07, 6.45) is 3.93. The molecule has 0 amide bonds. The summed E-state index contributed by atoms with van der Waals surface area (Å²) in [5.74, 6) is 1.81. The predicted molar refractivity (Wildman–Crippen MR) is 57.2 cm³/mol. The van der Waals surface area contributed by atoms with E-state index in [0.29, 0.717) is 6.04 Å². The van der Waals surface area contributed by atoms with E-state index in [1.165, 1.54) is 32.4 Å². The zero-order valence-corrected chi connectivity index (χ0v) is 9.00. The lowest BCUT2D eigenvalue weighted by atomic mass is 9.79. The molecule has 1 aliphatic carbocycles. The molecule has 0 radical (unpaired) electrons. The van der Waals surface area contributed by atoms with Gasteiger partial charge in [0.1, 0.15) is 0 Å². The van der Waals surface area contributed by atoms with Gasteiger partial charge in [0.05, 0.1) is 6.61 Å². The van der Waals surface area contributed by atoms with Crippen LogP contribution in [0.4, 0.5) is 0 Å². The van der Waals surface area contributed by atoms with Crippen LogP contribution in [0.1, 0.15) is 26.2 Å². The fraction of sp³-hybridized carbons (Fsp3) is 1.00. The summed E-state index contributed by atoms with van der Waals surface area (Å²) in [5.41, 5.74) is 0. The quantitative estimate of drug-likeness (QED) is 0.613. The van der Waals surface area contributed by atoms with Gasteiger partial charge >= 0.3 is 0 Å². The molecule has 4 atom stereocenters. The lowest BCUT2D eigenvalue weighted by Crippen LogP contribution is -2.43. The Balaban J connectivity index is 1.79. The molecule has 0 bridgehead atoms. The highest BCUT2D eigenvalue weighted by molar-refractivity contribution is 4.90. The third kappa shape index (κ3) is 2.27. The Hall–Kier alpha value is -0.120. The summed E-state index contributed by atoms with van der Waals surface area (Å²) in [4.78, 5) is 0. The molecule has 14 heavy (non-hydrogen) atoms. The van der Waals surface area contributed by atoms with Crippen molar-refractivity contribution in [3.05, 3.63) is 0 Å². The molecule has 0 aromatic carbocycles. The Bertz CT molecular complexity index is 186. The number of aliphatic hydroxyl groups is 1. The topological polar surface area (TPSA) is 44.3 Å². The van der Waals surface area contributed by atoms with Crippen LogP contribution < -0.4 is 10.6 Å². The van der Waals surface area contributed by atoms with Crippen molar-refractivity contribution in [1.82, 2.24) is 10.6 Å². The molecular formula is C11H22N2O. The number of aliphatic hydroxyl groups excluding tert-OH is 1. The van der Waals surface area contributed by atoms with Crippen LogP contribution >= 0.6 is 0 Å². The van der Waals surface area contributed by atoms with Gasteiger partial charge in [0.15, 0.2) is 0 Å². The monoisotopic (exact) mass is 198 g/mol. The molecular weight excluding hydrogens is 176 g/mol. The van der Waals surface area contributed by atoms with Gasteiger partial charge in [-0.05, 0) is 51.1 Å². The van der Waals surface area contributed by atoms with Crippen LogP contribution in [-0.2, 0) is 0 Å². The van der Waals surface area contributed by atoms with Crippen molar-refractivity contribution < 1.29 is 5.11 Å². The second kappa shape index (κ2) is 4.60. The van der Waals surface area contributed by atoms with E-state index in [1.54, 1.807) is 0 Å². The largest absolute Gasteiger partial charge is 0.395 e. The zero-order valence-electron chi connectivity index (χ0n) is 9.00. The van der Waals surface area contributed by atoms with Gasteiger partial charge < -0.3 is 15.7 Å². The molecule has 0 aromatic heterocycles. The maximum atomic E-state index is 8.98. The van der Waals surface area contributed by atoms with Gasteiger partial charge in [-0.1, -0.05) is 0 Å². The normalized spacial score (nSPS) is 39.4. The fourth-order valence-corrected chi connectivity index (χ4v) is 2.91. The first-order chi connectivity index (χ1) is 6.79. The first-order valence-corrected chi connectivity index (χ1v) is 5.87. The molecule has 0 spiro atoms. The maximum absolute atomic E-state index is 8.98. The number of fused-ring (bicyclic) bond motifs is 1. The van der Waals surface area contributed by atoms with Crippen LogP contribution in [0, 0.1) is 11.8 Å². The molecule has 3 nitrogen and oxygen atoms in total. The van der Waals surface area contributed by atoms with Crippen LogP contribution in [0.25, 0.3) is 0 Å². The van der Waals surface area contributed by atoms with Gasteiger partial charge in [0.2, 0.25) is 0 Å². The maximum Gasteiger partial charge on any atom is 0.0582 e. The van der Waals surface area contributed by atoms with Crippen LogP contribution in [-0.4, -0.2) is 36.9 Å². The van der Waals surface area contributed by atoms with E-state index in [-0.39, 0.29) is 12.6 Å². The summed E-state index contributed by atoms with van der Waals surface area (Å²) in [7, 11) is 0. The van der Waals surface area contributed by atoms with Gasteiger partial charge in [-0.2, -0.15) is 0 Å². The van der Waals surface area contributed by atoms with Crippen LogP contribution in [0.15, 0.2) is 0 Å². The van der Waals surface area contributed by atoms with E-state index in [0.717, 1.165) is 11.8 Å². The molecule has 2 rings (SSSR count). The van der Waals surface area contributed by atoms with Gasteiger partial charge in [0, 0.05) is 12.1 Å². The third-order valence-corrected chi connectivity index (χ3v) is 3.75. The molecule has 1 heterocycles. The third-order valence-electron chi connectivity index (χ3n) is 3.75. The molecule has 1 saturated heterocycles. The number of hydrogen-bond acceptors (Lipinski definition) is 3. The second-order valence-corrected chi connectivity index (χ2v) is 4.94. The van der Waals surface area contributed by atoms with E-state index in [9.17, 15) is 0 Å². The highest BCUT2D eigenvalue weighted by Gasteiger charge is 2.33. The molecule has 1 saturated carbocycles. The Morgan fingerprint density at radius 3 is 2.93 bits per heavy atom. The highest BCUT2D eigenvalue weighted by atomic mass is 16.3. The summed E-state index contributed by atoms with van der Waals surface area (Å²) < 4.78 is 0. The van der Waals surface area contributed by atoms with Gasteiger partial charge in [0.25, 0.3) is 0 Å². The molecule has 82 valence electrons. The fourth-order valence-electron chi connectivity index (χ4n) is 2.91. The summed E-state index contributed by atoms with van der Waals surface area (Å²) >= 11 is 0. The van der Waals surface area contributed by atoms with E-state index >= 15 is 0 Å². The smallest absolute Gasteiger partial charge is 0.0582 e. The van der Waals surface area contributed by atoms with Crippen molar-refractivity contribution in [3.63, 3.8) is 0 Å². The van der Waals surface area contributed by atoms with Crippen LogP contribution in [0.3, 0.4) is 0 Å². The molecule has 2 aliphatic rings. The van der Waals surface area contributed by atoms with E-state index in [1.807, 2.05) is 0 Å². The van der Waals surface area contributed by atoms with Gasteiger partial charge in [-0.15, -0.1) is 0 Å². The van der Waals surface area contributed by atoms with Crippen LogP contribution in [0.2, 0.25) is 0 Å². The summed E-state index contributed by atoms with van der Waals surface area (Å²) in [5, 5.41) is 16.0. The SMILES string of the molecule is CC(CO)NC1CCC2CNCC2C1. The minimum Gasteiger partial charge on any atom is -0.395 e. The number of hydrogen-bond donors (Lipinski definition) is 3. The summed E-state index contributed by atoms with van der Waals surface area (Å²) in [6, 6.07) is 0.893. The Morgan fingerprint density at radius 1 is 1.36 bits per heavy atom. The summed E-state index contributed by atoms with van der Waals surface area (Å²) in [6.45, 7) is 4.74. The van der Waals surface area contributed by atoms with Gasteiger partial charge in [-0.25, -0.2) is 0 Å². The zero-order chi connectivity index (χ0) is 9.97. The Kier molecular flexibility index (Phi) is 3.42. The van der Waals surface area contributed by atoms with Crippen molar-refractivity contribution in [1.29, 1.82) is 0 Å². The van der Waals surface area contributed by atoms with E-state index in [4.69, 9.17) is 5.11 Å². The lowest BCUT2D eigenvalue weighted by Gasteiger charge is -2.33. The van der Waals surface area contributed by atoms with Crippen molar-refractivity contribution in [2.45, 2.75) is 38.3 Å². The van der Waals surface area contributed by atoms with Crippen molar-refractivity contribution in [2.75, 3.05) is 19.7 Å². The van der Waals surface area contributed by atoms with Gasteiger partial charge in [-0.3, -0.25) is 0 Å². The second-order valence-electron chi connectivity index (χ2n) is 4.94. The Labute approximate surface area is 86.3 Å². The predicted octanol–water partition coefficient (Wildman–Crippen LogP) is 0.345. The minimum absolute atomic E-state index is 0.253. The van der Waals surface area contributed by atoms with Crippen molar-refractivity contribution in [2.24, 2.45) is 11.8 Å². The molecule has 2 fully saturated rings. The average molecular weight is 198 g/mol. The average Bonchev–Trinajstić information content (AvgIpc) is 2.64. The van der Waals surface area contributed by atoms with Crippen molar-refractivity contribution >= 4 is 0 Å². The molecule has 1 aliphatic heterocycles. The van der Waals surface area contributed by atoms with E-state index < -0.39 is 0 Å². The van der Waals surface area contributed by atoms with Crippen molar-refractivity contribution in [3.8, 4) is 0 Å². The highest BCUT2D eigenvalue weighted by Crippen LogP contribution is 2.32. The first-order valence-electron chi connectivity index (χ1n) is 5.87. The Morgan fingerprint density at radius 2 is 2.14 bits per heavy atom. The lowest BCUT2D eigenvalue weighted by molar-refractivity contribution is 0.196. The molecule has 0 aromatic rings. The molecule has 4 unspecified atom stereocenters. The first kappa shape index (κ1) is 10.4. The molecule has 3 heteroatoms. The van der Waals surface area contributed by atoms with Crippen LogP contribution in [0.5, 0.6) is 0 Å². The minimum atomic E-state index is 0.253. The standard InChI is InChI=1S/C11H22N2O/c1-8(7-14)13-11-3-2-9-5-12-6-10(9)4-11/h8-14H,2-7H2,1H3. The number of nitrogens with one attached hydrogen (secondary N) is 2. The number of rotatable bonds is 3. The molecule has 3 N–H and O–H groups in total.